The van der Waals surface area contributed by atoms with Gasteiger partial charge in [-0.05, 0) is 67.6 Å². The largest absolute Gasteiger partial charge is 0.490 e. The average molecular weight is 515 g/mol. The number of carbonyl (C=O) groups is 2. The highest BCUT2D eigenvalue weighted by atomic mass is 19.4. The Morgan fingerprint density at radius 3 is 2.25 bits per heavy atom. The van der Waals surface area contributed by atoms with Crippen molar-refractivity contribution >= 4 is 17.4 Å². The fraction of sp³-hybridized carbons (Fsp3) is 0.615. The zero-order valence-electron chi connectivity index (χ0n) is 21.4. The van der Waals surface area contributed by atoms with E-state index in [-0.39, 0.29) is 11.5 Å². The third-order valence-corrected chi connectivity index (χ3v) is 6.59. The summed E-state index contributed by atoms with van der Waals surface area (Å²) in [5, 5.41) is 7.12. The number of ether oxygens (including phenoxy) is 2. The molecule has 1 heterocycles. The molecular weight excluding hydrogens is 477 g/mol. The molecule has 1 aromatic carbocycles. The maximum atomic E-state index is 12.1. The van der Waals surface area contributed by atoms with Crippen LogP contribution in [-0.4, -0.2) is 68.5 Å². The number of hydrogen-bond donors (Lipinski definition) is 2. The maximum Gasteiger partial charge on any atom is 0.490 e. The highest BCUT2D eigenvalue weighted by molar-refractivity contribution is 5.98. The molecule has 0 spiro atoms. The van der Waals surface area contributed by atoms with Gasteiger partial charge < -0.3 is 25.2 Å². The van der Waals surface area contributed by atoms with Gasteiger partial charge in [0.25, 0.3) is 0 Å². The Balaban J connectivity index is 0.000000572. The standard InChI is InChI=1S/C24H36N2O3.C2HF3O2/c1-23(2)9-7-18(8-10-23)21-17-19(5-6-20(21)22(25)27)24(11-14-28-15-12-24)29-16-13-26(3)4;3-2(4,5)1(6)7/h5-7,17H,8-16H2,1-4H3,(H2,25,27);(H,6,7). The van der Waals surface area contributed by atoms with Crippen LogP contribution < -0.4 is 5.73 Å². The number of likely N-dealkylation sites (N-methyl/N-ethyl adjacent to an activating group) is 1. The second-order valence-corrected chi connectivity index (χ2v) is 10.3. The van der Waals surface area contributed by atoms with E-state index in [9.17, 15) is 18.0 Å². The van der Waals surface area contributed by atoms with E-state index in [4.69, 9.17) is 25.1 Å². The van der Waals surface area contributed by atoms with Gasteiger partial charge in [0.2, 0.25) is 5.91 Å². The average Bonchev–Trinajstić information content (AvgIpc) is 2.79. The molecule has 202 valence electrons. The number of aliphatic carboxylic acids is 1. The van der Waals surface area contributed by atoms with E-state index in [1.807, 2.05) is 12.1 Å². The number of carbonyl (C=O) groups excluding carboxylic acids is 1. The number of nitrogens with two attached hydrogens (primary N) is 1. The minimum Gasteiger partial charge on any atom is -0.475 e. The monoisotopic (exact) mass is 514 g/mol. The molecule has 1 amide bonds. The number of amides is 1. The lowest BCUT2D eigenvalue weighted by Gasteiger charge is -2.38. The van der Waals surface area contributed by atoms with Crippen molar-refractivity contribution in [3.05, 3.63) is 41.0 Å². The lowest BCUT2D eigenvalue weighted by Crippen LogP contribution is -2.38. The SMILES string of the molecule is CN(C)CCOC1(c2ccc(C(N)=O)c(C3=CCC(C)(C)CC3)c2)CCOCC1.O=C(O)C(F)(F)F. The second kappa shape index (κ2) is 12.2. The van der Waals surface area contributed by atoms with E-state index in [0.29, 0.717) is 30.8 Å². The van der Waals surface area contributed by atoms with Crippen LogP contribution in [-0.2, 0) is 19.9 Å². The number of halogens is 3. The number of rotatable bonds is 7. The minimum atomic E-state index is -5.08. The number of benzene rings is 1. The summed E-state index contributed by atoms with van der Waals surface area (Å²) >= 11 is 0. The van der Waals surface area contributed by atoms with E-state index in [1.54, 1.807) is 0 Å². The molecule has 0 aromatic heterocycles. The molecule has 3 rings (SSSR count). The third-order valence-electron chi connectivity index (χ3n) is 6.59. The molecular formula is C26H37F3N2O5. The molecule has 1 aliphatic heterocycles. The first kappa shape index (κ1) is 29.8. The Bertz CT molecular complexity index is 951. The number of hydrogen-bond acceptors (Lipinski definition) is 5. The maximum absolute atomic E-state index is 12.1. The van der Waals surface area contributed by atoms with E-state index < -0.39 is 12.1 Å². The molecule has 1 fully saturated rings. The van der Waals surface area contributed by atoms with Crippen molar-refractivity contribution in [1.29, 1.82) is 0 Å². The van der Waals surface area contributed by atoms with Crippen LogP contribution in [0, 0.1) is 5.41 Å². The zero-order chi connectivity index (χ0) is 27.1. The molecule has 1 aromatic rings. The predicted molar refractivity (Wildman–Crippen MR) is 130 cm³/mol. The summed E-state index contributed by atoms with van der Waals surface area (Å²) in [4.78, 5) is 23.2. The fourth-order valence-corrected chi connectivity index (χ4v) is 4.27. The van der Waals surface area contributed by atoms with Crippen LogP contribution in [0.5, 0.6) is 0 Å². The van der Waals surface area contributed by atoms with Gasteiger partial charge in [-0.3, -0.25) is 4.79 Å². The Labute approximate surface area is 210 Å². The number of alkyl halides is 3. The highest BCUT2D eigenvalue weighted by Gasteiger charge is 2.38. The lowest BCUT2D eigenvalue weighted by molar-refractivity contribution is -0.192. The van der Waals surface area contributed by atoms with Crippen molar-refractivity contribution < 1.29 is 37.3 Å². The molecule has 0 saturated carbocycles. The quantitative estimate of drug-likeness (QED) is 0.552. The Hall–Kier alpha value is -2.43. The number of carboxylic acids is 1. The van der Waals surface area contributed by atoms with Crippen molar-refractivity contribution in [2.24, 2.45) is 11.1 Å². The minimum absolute atomic E-state index is 0.311. The number of allylic oxidation sites excluding steroid dienone is 2. The molecule has 2 aliphatic rings. The van der Waals surface area contributed by atoms with Crippen molar-refractivity contribution in [1.82, 2.24) is 4.90 Å². The van der Waals surface area contributed by atoms with Crippen LogP contribution in [0.25, 0.3) is 5.57 Å². The molecule has 0 atom stereocenters. The molecule has 36 heavy (non-hydrogen) atoms. The van der Waals surface area contributed by atoms with Gasteiger partial charge in [0.15, 0.2) is 0 Å². The summed E-state index contributed by atoms with van der Waals surface area (Å²) in [5.41, 5.74) is 9.62. The second-order valence-electron chi connectivity index (χ2n) is 10.3. The zero-order valence-corrected chi connectivity index (χ0v) is 21.4. The summed E-state index contributed by atoms with van der Waals surface area (Å²) in [7, 11) is 4.10. The van der Waals surface area contributed by atoms with E-state index in [1.165, 1.54) is 5.57 Å². The number of primary amides is 1. The predicted octanol–water partition coefficient (Wildman–Crippen LogP) is 4.60. The highest BCUT2D eigenvalue weighted by Crippen LogP contribution is 2.42. The Morgan fingerprint density at radius 2 is 1.78 bits per heavy atom. The number of carboxylic acid groups (broad SMARTS) is 1. The molecule has 3 N–H and O–H groups in total. The normalized spacial score (nSPS) is 19.2. The van der Waals surface area contributed by atoms with Crippen LogP contribution in [0.15, 0.2) is 24.3 Å². The van der Waals surface area contributed by atoms with Gasteiger partial charge in [0.1, 0.15) is 0 Å². The lowest BCUT2D eigenvalue weighted by atomic mass is 9.75. The van der Waals surface area contributed by atoms with Gasteiger partial charge in [-0.2, -0.15) is 13.2 Å². The van der Waals surface area contributed by atoms with Crippen molar-refractivity contribution in [3.63, 3.8) is 0 Å². The van der Waals surface area contributed by atoms with Crippen LogP contribution >= 0.6 is 0 Å². The van der Waals surface area contributed by atoms with Crippen molar-refractivity contribution in [2.45, 2.75) is 57.7 Å². The van der Waals surface area contributed by atoms with Gasteiger partial charge in [-0.1, -0.05) is 26.0 Å². The fourth-order valence-electron chi connectivity index (χ4n) is 4.27. The Morgan fingerprint density at radius 1 is 1.17 bits per heavy atom. The van der Waals surface area contributed by atoms with Crippen molar-refractivity contribution in [3.8, 4) is 0 Å². The summed E-state index contributed by atoms with van der Waals surface area (Å²) in [5.74, 6) is -3.13. The van der Waals surface area contributed by atoms with Gasteiger partial charge in [0.05, 0.1) is 12.2 Å². The molecule has 1 saturated heterocycles. The molecule has 10 heteroatoms. The smallest absolute Gasteiger partial charge is 0.475 e. The molecule has 1 aliphatic carbocycles. The summed E-state index contributed by atoms with van der Waals surface area (Å²) in [6.45, 7) is 7.49. The van der Waals surface area contributed by atoms with Gasteiger partial charge in [0, 0.05) is 38.2 Å². The third kappa shape index (κ3) is 8.31. The molecule has 0 radical (unpaired) electrons. The van der Waals surface area contributed by atoms with Gasteiger partial charge in [-0.25, -0.2) is 4.79 Å². The van der Waals surface area contributed by atoms with Crippen LogP contribution in [0.3, 0.4) is 0 Å². The van der Waals surface area contributed by atoms with E-state index in [0.717, 1.165) is 49.8 Å². The van der Waals surface area contributed by atoms with E-state index >= 15 is 0 Å². The summed E-state index contributed by atoms with van der Waals surface area (Å²) in [6.07, 6.45) is 1.94. The van der Waals surface area contributed by atoms with Gasteiger partial charge >= 0.3 is 12.1 Å². The molecule has 7 nitrogen and oxygen atoms in total. The van der Waals surface area contributed by atoms with Crippen molar-refractivity contribution in [2.75, 3.05) is 40.5 Å². The first-order chi connectivity index (χ1) is 16.7. The Kier molecular flexibility index (Phi) is 10.1. The topological polar surface area (TPSA) is 102 Å². The van der Waals surface area contributed by atoms with E-state index in [2.05, 4.69) is 45.0 Å². The first-order valence-electron chi connectivity index (χ1n) is 12.0. The van der Waals surface area contributed by atoms with Crippen LogP contribution in [0.2, 0.25) is 0 Å². The first-order valence-corrected chi connectivity index (χ1v) is 12.0. The van der Waals surface area contributed by atoms with Crippen LogP contribution in [0.4, 0.5) is 13.2 Å². The summed E-state index contributed by atoms with van der Waals surface area (Å²) < 4.78 is 43.9. The molecule has 0 bridgehead atoms. The van der Waals surface area contributed by atoms with Crippen LogP contribution in [0.1, 0.15) is 67.4 Å². The summed E-state index contributed by atoms with van der Waals surface area (Å²) in [6, 6.07) is 6.07. The molecule has 0 unspecified atom stereocenters. The number of nitrogens with zero attached hydrogens (tertiary/aromatic N) is 1. The van der Waals surface area contributed by atoms with Gasteiger partial charge in [-0.15, -0.1) is 0 Å².